The summed E-state index contributed by atoms with van der Waals surface area (Å²) < 4.78 is 0. The summed E-state index contributed by atoms with van der Waals surface area (Å²) in [5.41, 5.74) is 0.424. The Morgan fingerprint density at radius 1 is 1.60 bits per heavy atom. The fourth-order valence-electron chi connectivity index (χ4n) is 2.24. The molecule has 2 heterocycles. The van der Waals surface area contributed by atoms with E-state index >= 15 is 0 Å². The van der Waals surface area contributed by atoms with Crippen LogP contribution in [-0.2, 0) is 0 Å². The van der Waals surface area contributed by atoms with Crippen LogP contribution >= 0.6 is 0 Å². The molecule has 2 heteroatoms. The van der Waals surface area contributed by atoms with E-state index in [4.69, 9.17) is 5.84 Å². The standard InChI is InChI=1S/C8H15N2/c1-8(2)6-3-4-10(9)7(8)5-6/h6H,3-5,9H2,1-2H3. The molecule has 1 unspecified atom stereocenters. The van der Waals surface area contributed by atoms with Crippen molar-refractivity contribution in [3.05, 3.63) is 6.04 Å². The molecule has 1 atom stereocenters. The van der Waals surface area contributed by atoms with Gasteiger partial charge in [0.05, 0.1) is 6.04 Å². The number of fused-ring (bicyclic) bond motifs is 2. The van der Waals surface area contributed by atoms with Gasteiger partial charge in [0.25, 0.3) is 0 Å². The van der Waals surface area contributed by atoms with Crippen molar-refractivity contribution in [1.29, 1.82) is 0 Å². The average Bonchev–Trinajstić information content (AvgIpc) is 1.87. The topological polar surface area (TPSA) is 29.3 Å². The maximum Gasteiger partial charge on any atom is 0.0610 e. The van der Waals surface area contributed by atoms with E-state index in [1.165, 1.54) is 18.9 Å². The molecule has 2 aliphatic heterocycles. The Bertz CT molecular complexity index is 151. The molecule has 2 saturated heterocycles. The zero-order valence-electron chi connectivity index (χ0n) is 6.72. The van der Waals surface area contributed by atoms with Crippen molar-refractivity contribution in [2.45, 2.75) is 26.7 Å². The quantitative estimate of drug-likeness (QED) is 0.510. The van der Waals surface area contributed by atoms with Crippen LogP contribution in [0.1, 0.15) is 26.7 Å². The van der Waals surface area contributed by atoms with Crippen molar-refractivity contribution in [2.24, 2.45) is 17.2 Å². The first-order valence-electron chi connectivity index (χ1n) is 4.01. The minimum atomic E-state index is 0.424. The van der Waals surface area contributed by atoms with E-state index in [9.17, 15) is 0 Å². The SMILES string of the molecule is CC1(C)[C]2CC1CCN2N. The molecule has 0 spiro atoms. The molecular formula is C8H15N2. The van der Waals surface area contributed by atoms with Crippen molar-refractivity contribution in [3.8, 4) is 0 Å². The number of piperidine rings is 2. The average molecular weight is 139 g/mol. The van der Waals surface area contributed by atoms with Crippen LogP contribution in [0.2, 0.25) is 0 Å². The second-order valence-corrected chi connectivity index (χ2v) is 4.05. The van der Waals surface area contributed by atoms with E-state index < -0.39 is 0 Å². The smallest absolute Gasteiger partial charge is 0.0610 e. The number of nitrogens with two attached hydrogens (primary N) is 1. The summed E-state index contributed by atoms with van der Waals surface area (Å²) in [5, 5.41) is 1.94. The van der Waals surface area contributed by atoms with Gasteiger partial charge in [-0.1, -0.05) is 13.8 Å². The van der Waals surface area contributed by atoms with Crippen LogP contribution in [0.15, 0.2) is 0 Å². The molecule has 57 valence electrons. The number of nitrogens with zero attached hydrogens (tertiary/aromatic N) is 1. The summed E-state index contributed by atoms with van der Waals surface area (Å²) in [4.78, 5) is 0. The zero-order valence-corrected chi connectivity index (χ0v) is 6.72. The summed E-state index contributed by atoms with van der Waals surface area (Å²) in [5.74, 6) is 6.71. The maximum absolute atomic E-state index is 5.79. The largest absolute Gasteiger partial charge is 0.268 e. The molecular weight excluding hydrogens is 124 g/mol. The summed E-state index contributed by atoms with van der Waals surface area (Å²) in [6, 6.07) is 1.46. The van der Waals surface area contributed by atoms with Gasteiger partial charge in [0.1, 0.15) is 0 Å². The summed E-state index contributed by atoms with van der Waals surface area (Å²) >= 11 is 0. The Hall–Kier alpha value is -0.0800. The lowest BCUT2D eigenvalue weighted by molar-refractivity contribution is -0.0365. The first-order valence-corrected chi connectivity index (χ1v) is 4.01. The van der Waals surface area contributed by atoms with Crippen molar-refractivity contribution in [2.75, 3.05) is 6.54 Å². The Morgan fingerprint density at radius 2 is 2.30 bits per heavy atom. The van der Waals surface area contributed by atoms with Crippen LogP contribution in [-0.4, -0.2) is 11.6 Å². The van der Waals surface area contributed by atoms with Crippen LogP contribution in [0.4, 0.5) is 0 Å². The number of hydrazine groups is 1. The van der Waals surface area contributed by atoms with Gasteiger partial charge in [-0.05, 0) is 24.2 Å². The predicted octanol–water partition coefficient (Wildman–Crippen LogP) is 1.14. The monoisotopic (exact) mass is 139 g/mol. The van der Waals surface area contributed by atoms with Crippen LogP contribution in [0.25, 0.3) is 0 Å². The van der Waals surface area contributed by atoms with Crippen LogP contribution in [0.5, 0.6) is 0 Å². The van der Waals surface area contributed by atoms with E-state index in [0.29, 0.717) is 5.41 Å². The summed E-state index contributed by atoms with van der Waals surface area (Å²) in [6.45, 7) is 5.68. The van der Waals surface area contributed by atoms with E-state index in [0.717, 1.165) is 12.5 Å². The van der Waals surface area contributed by atoms with Crippen molar-refractivity contribution >= 4 is 0 Å². The lowest BCUT2D eigenvalue weighted by Crippen LogP contribution is -2.59. The van der Waals surface area contributed by atoms with Gasteiger partial charge in [-0.25, -0.2) is 5.01 Å². The van der Waals surface area contributed by atoms with E-state index in [1.54, 1.807) is 0 Å². The fourth-order valence-corrected chi connectivity index (χ4v) is 2.24. The van der Waals surface area contributed by atoms with Crippen LogP contribution < -0.4 is 5.84 Å². The summed E-state index contributed by atoms with van der Waals surface area (Å²) in [7, 11) is 0. The Kier molecular flexibility index (Phi) is 1.15. The molecule has 2 nitrogen and oxygen atoms in total. The summed E-state index contributed by atoms with van der Waals surface area (Å²) in [6.07, 6.45) is 2.54. The normalized spacial score (nSPS) is 39.3. The third-order valence-corrected chi connectivity index (χ3v) is 3.27. The first kappa shape index (κ1) is 6.62. The van der Waals surface area contributed by atoms with Crippen LogP contribution in [0, 0.1) is 17.4 Å². The van der Waals surface area contributed by atoms with Gasteiger partial charge in [0.15, 0.2) is 0 Å². The molecule has 3 rings (SSSR count). The molecule has 2 bridgehead atoms. The van der Waals surface area contributed by atoms with Gasteiger partial charge >= 0.3 is 0 Å². The molecule has 3 fully saturated rings. The van der Waals surface area contributed by atoms with Crippen molar-refractivity contribution in [3.63, 3.8) is 0 Å². The molecule has 10 heavy (non-hydrogen) atoms. The second-order valence-electron chi connectivity index (χ2n) is 4.05. The third-order valence-electron chi connectivity index (χ3n) is 3.27. The van der Waals surface area contributed by atoms with E-state index in [1.807, 2.05) is 5.01 Å². The number of hydrogen-bond acceptors (Lipinski definition) is 2. The van der Waals surface area contributed by atoms with Gasteiger partial charge < -0.3 is 0 Å². The Balaban J connectivity index is 2.16. The Morgan fingerprint density at radius 3 is 2.60 bits per heavy atom. The number of hydrogen-bond donors (Lipinski definition) is 1. The predicted molar refractivity (Wildman–Crippen MR) is 40.6 cm³/mol. The van der Waals surface area contributed by atoms with Gasteiger partial charge in [0.2, 0.25) is 0 Å². The zero-order chi connectivity index (χ0) is 7.35. The molecule has 1 radical (unpaired) electrons. The van der Waals surface area contributed by atoms with E-state index in [2.05, 4.69) is 13.8 Å². The Labute approximate surface area is 62.4 Å². The minimum absolute atomic E-state index is 0.424. The third kappa shape index (κ3) is 0.611. The van der Waals surface area contributed by atoms with Crippen molar-refractivity contribution < 1.29 is 0 Å². The van der Waals surface area contributed by atoms with Gasteiger partial charge in [-0.2, -0.15) is 0 Å². The first-order chi connectivity index (χ1) is 4.62. The van der Waals surface area contributed by atoms with E-state index in [-0.39, 0.29) is 0 Å². The van der Waals surface area contributed by atoms with Gasteiger partial charge in [0, 0.05) is 6.54 Å². The molecule has 0 aromatic carbocycles. The molecule has 1 saturated carbocycles. The molecule has 0 amide bonds. The highest BCUT2D eigenvalue weighted by Crippen LogP contribution is 2.57. The van der Waals surface area contributed by atoms with Crippen LogP contribution in [0.3, 0.4) is 0 Å². The molecule has 2 N–H and O–H groups in total. The lowest BCUT2D eigenvalue weighted by atomic mass is 9.55. The highest BCUT2D eigenvalue weighted by atomic mass is 15.4. The second kappa shape index (κ2) is 1.74. The van der Waals surface area contributed by atoms with Crippen molar-refractivity contribution in [1.82, 2.24) is 5.01 Å². The number of rotatable bonds is 0. The lowest BCUT2D eigenvalue weighted by Gasteiger charge is -2.59. The van der Waals surface area contributed by atoms with Gasteiger partial charge in [-0.3, -0.25) is 5.84 Å². The maximum atomic E-state index is 5.79. The molecule has 0 aromatic rings. The highest BCUT2D eigenvalue weighted by molar-refractivity contribution is 5.17. The minimum Gasteiger partial charge on any atom is -0.268 e. The molecule has 1 aliphatic carbocycles. The fraction of sp³-hybridized carbons (Fsp3) is 0.875. The molecule has 0 aromatic heterocycles. The highest BCUT2D eigenvalue weighted by Gasteiger charge is 2.53. The molecule has 3 aliphatic rings. The van der Waals surface area contributed by atoms with Gasteiger partial charge in [-0.15, -0.1) is 0 Å².